The zero-order chi connectivity index (χ0) is 19.9. The number of benzene rings is 4. The fourth-order valence-electron chi connectivity index (χ4n) is 2.69. The van der Waals surface area contributed by atoms with E-state index in [1.165, 1.54) is 0 Å². The van der Waals surface area contributed by atoms with Crippen LogP contribution in [0.1, 0.15) is 0 Å². The minimum absolute atomic E-state index is 0.368. The molecule has 4 aromatic carbocycles. The first-order valence-corrected chi connectivity index (χ1v) is 9.11. The Morgan fingerprint density at radius 1 is 0.552 bits per heavy atom. The van der Waals surface area contributed by atoms with Crippen LogP contribution in [0, 0.1) is 5.21 Å². The summed E-state index contributed by atoms with van der Waals surface area (Å²) in [6.45, 7) is 0. The van der Waals surface area contributed by atoms with Crippen molar-refractivity contribution in [1.29, 1.82) is 0 Å². The van der Waals surface area contributed by atoms with Gasteiger partial charge in [-0.1, -0.05) is 48.5 Å². The highest BCUT2D eigenvalue weighted by Crippen LogP contribution is 2.28. The molecule has 0 spiro atoms. The molecular formula is C24H18N2O3. The van der Waals surface area contributed by atoms with E-state index in [9.17, 15) is 5.21 Å². The van der Waals surface area contributed by atoms with Crippen molar-refractivity contribution in [3.8, 4) is 23.0 Å². The largest absolute Gasteiger partial charge is 0.594 e. The maximum Gasteiger partial charge on any atom is 0.248 e. The van der Waals surface area contributed by atoms with Crippen LogP contribution in [-0.2, 0) is 0 Å². The van der Waals surface area contributed by atoms with Gasteiger partial charge in [0.1, 0.15) is 28.7 Å². The third-order valence-electron chi connectivity index (χ3n) is 4.02. The Balaban J connectivity index is 1.53. The van der Waals surface area contributed by atoms with Crippen LogP contribution < -0.4 is 9.47 Å². The molecule has 0 radical (unpaired) electrons. The van der Waals surface area contributed by atoms with E-state index in [1.807, 2.05) is 66.7 Å². The van der Waals surface area contributed by atoms with Gasteiger partial charge in [-0.05, 0) is 47.3 Å². The quantitative estimate of drug-likeness (QED) is 0.201. The molecule has 0 aromatic heterocycles. The molecule has 0 amide bonds. The topological polar surface area (TPSA) is 56.9 Å². The molecule has 4 rings (SSSR count). The first-order valence-electron chi connectivity index (χ1n) is 9.11. The van der Waals surface area contributed by atoms with E-state index >= 15 is 0 Å². The van der Waals surface area contributed by atoms with Gasteiger partial charge in [0, 0.05) is 17.2 Å². The van der Waals surface area contributed by atoms with E-state index in [0.29, 0.717) is 33.5 Å². The Morgan fingerprint density at radius 3 is 1.69 bits per heavy atom. The van der Waals surface area contributed by atoms with Crippen molar-refractivity contribution in [2.24, 2.45) is 5.11 Å². The summed E-state index contributed by atoms with van der Waals surface area (Å²) in [5, 5.41) is 16.7. The minimum atomic E-state index is 0.368. The van der Waals surface area contributed by atoms with Gasteiger partial charge in [0.05, 0.1) is 6.07 Å². The normalized spacial score (nSPS) is 11.1. The third kappa shape index (κ3) is 4.99. The maximum absolute atomic E-state index is 12.5. The molecule has 0 aliphatic heterocycles. The monoisotopic (exact) mass is 382 g/mol. The van der Waals surface area contributed by atoms with Crippen LogP contribution in [0.3, 0.4) is 0 Å². The number of ether oxygens (including phenoxy) is 2. The average Bonchev–Trinajstić information content (AvgIpc) is 2.76. The zero-order valence-electron chi connectivity index (χ0n) is 15.5. The molecule has 0 saturated heterocycles. The van der Waals surface area contributed by atoms with E-state index in [0.717, 1.165) is 5.75 Å². The Bertz CT molecular complexity index is 1110. The maximum atomic E-state index is 12.5. The van der Waals surface area contributed by atoms with Gasteiger partial charge in [0.25, 0.3) is 0 Å². The Kier molecular flexibility index (Phi) is 5.48. The van der Waals surface area contributed by atoms with Crippen molar-refractivity contribution in [2.75, 3.05) is 0 Å². The van der Waals surface area contributed by atoms with Gasteiger partial charge < -0.3 is 14.7 Å². The first-order chi connectivity index (χ1) is 14.3. The van der Waals surface area contributed by atoms with Crippen LogP contribution in [-0.4, -0.2) is 4.86 Å². The van der Waals surface area contributed by atoms with Crippen LogP contribution in [0.15, 0.2) is 114 Å². The van der Waals surface area contributed by atoms with Gasteiger partial charge in [-0.2, -0.15) is 0 Å². The van der Waals surface area contributed by atoms with Crippen molar-refractivity contribution in [2.45, 2.75) is 0 Å². The molecule has 0 saturated carbocycles. The highest BCUT2D eigenvalue weighted by atomic mass is 16.5. The van der Waals surface area contributed by atoms with Crippen molar-refractivity contribution < 1.29 is 14.3 Å². The molecular weight excluding hydrogens is 364 g/mol. The average molecular weight is 382 g/mol. The molecule has 0 N–H and O–H groups in total. The van der Waals surface area contributed by atoms with Crippen LogP contribution in [0.25, 0.3) is 0 Å². The molecule has 0 aliphatic carbocycles. The van der Waals surface area contributed by atoms with Gasteiger partial charge in [-0.25, -0.2) is 0 Å². The Labute approximate surface area is 168 Å². The zero-order valence-corrected chi connectivity index (χ0v) is 15.5. The lowest BCUT2D eigenvalue weighted by atomic mass is 10.3. The van der Waals surface area contributed by atoms with Crippen molar-refractivity contribution in [3.63, 3.8) is 0 Å². The van der Waals surface area contributed by atoms with E-state index in [2.05, 4.69) is 5.11 Å². The summed E-state index contributed by atoms with van der Waals surface area (Å²) in [4.78, 5) is 0.569. The number of azo groups is 1. The molecule has 142 valence electrons. The number of para-hydroxylation sites is 2. The number of hydrogen-bond acceptors (Lipinski definition) is 4. The lowest BCUT2D eigenvalue weighted by molar-refractivity contribution is -0.435. The summed E-state index contributed by atoms with van der Waals surface area (Å²) in [6, 6.07) is 32.8. The molecule has 0 bridgehead atoms. The van der Waals surface area contributed by atoms with Crippen LogP contribution in [0.4, 0.5) is 11.4 Å². The van der Waals surface area contributed by atoms with E-state index in [4.69, 9.17) is 9.47 Å². The van der Waals surface area contributed by atoms with E-state index in [-0.39, 0.29) is 0 Å². The SMILES string of the molecule is [O-][N+](=Nc1cccc(Oc2ccccc2)c1)c1cccc(Oc2ccccc2)c1. The Morgan fingerprint density at radius 2 is 1.07 bits per heavy atom. The van der Waals surface area contributed by atoms with Crippen molar-refractivity contribution >= 4 is 11.4 Å². The van der Waals surface area contributed by atoms with Gasteiger partial charge >= 0.3 is 0 Å². The Hall–Kier alpha value is -4.12. The van der Waals surface area contributed by atoms with Gasteiger partial charge in [0.15, 0.2) is 0 Å². The molecule has 29 heavy (non-hydrogen) atoms. The lowest BCUT2D eigenvalue weighted by Crippen LogP contribution is -1.92. The number of hydrogen-bond donors (Lipinski definition) is 0. The number of rotatable bonds is 6. The second-order valence-corrected chi connectivity index (χ2v) is 6.20. The molecule has 0 unspecified atom stereocenters. The third-order valence-corrected chi connectivity index (χ3v) is 4.02. The summed E-state index contributed by atoms with van der Waals surface area (Å²) in [5.74, 6) is 2.58. The fourth-order valence-corrected chi connectivity index (χ4v) is 2.69. The highest BCUT2D eigenvalue weighted by molar-refractivity contribution is 5.45. The molecule has 5 heteroatoms. The predicted octanol–water partition coefficient (Wildman–Crippen LogP) is 7.20. The fraction of sp³-hybridized carbons (Fsp3) is 0. The van der Waals surface area contributed by atoms with Crippen LogP contribution >= 0.6 is 0 Å². The van der Waals surface area contributed by atoms with Crippen molar-refractivity contribution in [1.82, 2.24) is 0 Å². The van der Waals surface area contributed by atoms with Gasteiger partial charge in [-0.3, -0.25) is 0 Å². The summed E-state index contributed by atoms with van der Waals surface area (Å²) in [5.41, 5.74) is 0.857. The molecule has 0 fully saturated rings. The second-order valence-electron chi connectivity index (χ2n) is 6.20. The van der Waals surface area contributed by atoms with E-state index in [1.54, 1.807) is 42.5 Å². The second kappa shape index (κ2) is 8.71. The summed E-state index contributed by atoms with van der Waals surface area (Å²) in [6.07, 6.45) is 0. The molecule has 4 aromatic rings. The number of nitrogens with zero attached hydrogens (tertiary/aromatic N) is 2. The first kappa shape index (κ1) is 18.3. The summed E-state index contributed by atoms with van der Waals surface area (Å²) in [7, 11) is 0. The minimum Gasteiger partial charge on any atom is -0.594 e. The summed E-state index contributed by atoms with van der Waals surface area (Å²) < 4.78 is 11.6. The molecule has 0 atom stereocenters. The van der Waals surface area contributed by atoms with Crippen LogP contribution in [0.5, 0.6) is 23.0 Å². The standard InChI is InChI=1S/C24H18N2O3/c27-26(20-10-8-16-24(18-20)29-22-13-5-2-6-14-22)25-19-9-7-15-23(17-19)28-21-11-3-1-4-12-21/h1-18H. The van der Waals surface area contributed by atoms with Gasteiger partial charge in [-0.15, -0.1) is 0 Å². The highest BCUT2D eigenvalue weighted by Gasteiger charge is 2.08. The van der Waals surface area contributed by atoms with Gasteiger partial charge in [0.2, 0.25) is 5.69 Å². The predicted molar refractivity (Wildman–Crippen MR) is 111 cm³/mol. The van der Waals surface area contributed by atoms with Crippen molar-refractivity contribution in [3.05, 3.63) is 114 Å². The summed E-state index contributed by atoms with van der Waals surface area (Å²) >= 11 is 0. The van der Waals surface area contributed by atoms with E-state index < -0.39 is 0 Å². The molecule has 5 nitrogen and oxygen atoms in total. The molecule has 0 aliphatic rings. The smallest absolute Gasteiger partial charge is 0.248 e. The lowest BCUT2D eigenvalue weighted by Gasteiger charge is -2.07. The molecule has 0 heterocycles. The van der Waals surface area contributed by atoms with Crippen LogP contribution in [0.2, 0.25) is 0 Å².